The van der Waals surface area contributed by atoms with Crippen LogP contribution in [0.15, 0.2) is 48.0 Å². The predicted molar refractivity (Wildman–Crippen MR) is 107 cm³/mol. The summed E-state index contributed by atoms with van der Waals surface area (Å²) in [4.78, 5) is 14.7. The van der Waals surface area contributed by atoms with Gasteiger partial charge in [-0.3, -0.25) is 0 Å². The highest BCUT2D eigenvalue weighted by molar-refractivity contribution is 6.31. The van der Waals surface area contributed by atoms with Crippen molar-refractivity contribution in [3.05, 3.63) is 69.2 Å². The quantitative estimate of drug-likeness (QED) is 0.792. The van der Waals surface area contributed by atoms with E-state index in [-0.39, 0.29) is 12.1 Å². The van der Waals surface area contributed by atoms with E-state index in [2.05, 4.69) is 11.4 Å². The largest absolute Gasteiger partial charge is 0.328 e. The summed E-state index contributed by atoms with van der Waals surface area (Å²) in [5.41, 5.74) is 11.7. The lowest BCUT2D eigenvalue weighted by Gasteiger charge is -2.36. The Kier molecular flexibility index (Phi) is 4.65. The van der Waals surface area contributed by atoms with Crippen LogP contribution in [0.4, 0.5) is 10.5 Å². The van der Waals surface area contributed by atoms with Crippen LogP contribution in [0, 0.1) is 0 Å². The van der Waals surface area contributed by atoms with E-state index in [0.29, 0.717) is 23.8 Å². The average molecular weight is 388 g/mol. The third kappa shape index (κ3) is 3.09. The Bertz CT molecular complexity index is 910. The van der Waals surface area contributed by atoms with Gasteiger partial charge in [-0.2, -0.15) is 0 Å². The molecule has 2 aromatic rings. The molecule has 1 unspecified atom stereocenters. The molecule has 0 radical (unpaired) electrons. The molecule has 0 saturated heterocycles. The first-order valence-electron chi connectivity index (χ1n) is 8.61. The van der Waals surface area contributed by atoms with E-state index in [1.54, 1.807) is 12.1 Å². The molecule has 2 aromatic carbocycles. The number of nitrogens with one attached hydrogen (secondary N) is 1. The van der Waals surface area contributed by atoms with Crippen molar-refractivity contribution in [1.29, 1.82) is 0 Å². The molecule has 1 aliphatic carbocycles. The maximum Gasteiger partial charge on any atom is 0.322 e. The molecule has 26 heavy (non-hydrogen) atoms. The Balaban J connectivity index is 1.59. The summed E-state index contributed by atoms with van der Waals surface area (Å²) in [6.45, 7) is 1.02. The van der Waals surface area contributed by atoms with Crippen LogP contribution in [-0.2, 0) is 6.42 Å². The molecule has 2 amide bonds. The molecule has 1 heterocycles. The topological polar surface area (TPSA) is 58.4 Å². The summed E-state index contributed by atoms with van der Waals surface area (Å²) >= 11 is 12.2. The number of fused-ring (bicyclic) bond motifs is 2. The zero-order valence-electron chi connectivity index (χ0n) is 14.1. The summed E-state index contributed by atoms with van der Waals surface area (Å²) in [5.74, 6) is 0. The van der Waals surface area contributed by atoms with Gasteiger partial charge in [-0.1, -0.05) is 35.3 Å². The van der Waals surface area contributed by atoms with Gasteiger partial charge in [-0.25, -0.2) is 4.79 Å². The van der Waals surface area contributed by atoms with Gasteiger partial charge in [0.05, 0.1) is 6.04 Å². The average Bonchev–Trinajstić information content (AvgIpc) is 2.98. The van der Waals surface area contributed by atoms with Gasteiger partial charge in [0, 0.05) is 28.8 Å². The summed E-state index contributed by atoms with van der Waals surface area (Å²) in [6, 6.07) is 12.9. The van der Waals surface area contributed by atoms with E-state index in [0.717, 1.165) is 17.9 Å². The van der Waals surface area contributed by atoms with Gasteiger partial charge in [0.1, 0.15) is 0 Å². The van der Waals surface area contributed by atoms with Gasteiger partial charge in [-0.15, -0.1) is 0 Å². The Morgan fingerprint density at radius 2 is 2.00 bits per heavy atom. The molecule has 1 atom stereocenters. The molecule has 0 bridgehead atoms. The summed E-state index contributed by atoms with van der Waals surface area (Å²) in [5, 5.41) is 4.26. The molecule has 2 aliphatic rings. The number of amides is 2. The molecule has 0 spiro atoms. The first-order valence-corrected chi connectivity index (χ1v) is 9.36. The molecule has 3 N–H and O–H groups in total. The van der Waals surface area contributed by atoms with Gasteiger partial charge < -0.3 is 16.0 Å². The smallest absolute Gasteiger partial charge is 0.322 e. The minimum Gasteiger partial charge on any atom is -0.328 e. The number of benzene rings is 2. The minimum absolute atomic E-state index is 0.107. The molecule has 4 rings (SSSR count). The van der Waals surface area contributed by atoms with E-state index in [9.17, 15) is 4.79 Å². The number of carbonyl (C=O) groups excluding carboxylic acids is 1. The van der Waals surface area contributed by atoms with Gasteiger partial charge >= 0.3 is 6.03 Å². The number of carbonyl (C=O) groups is 1. The molecular formula is C20H19Cl2N3O. The van der Waals surface area contributed by atoms with E-state index < -0.39 is 0 Å². The molecular weight excluding hydrogens is 369 g/mol. The summed E-state index contributed by atoms with van der Waals surface area (Å²) < 4.78 is 0. The van der Waals surface area contributed by atoms with Crippen LogP contribution in [0.2, 0.25) is 10.0 Å². The molecule has 134 valence electrons. The Labute approximate surface area is 162 Å². The third-order valence-corrected chi connectivity index (χ3v) is 5.58. The zero-order valence-corrected chi connectivity index (χ0v) is 15.6. The van der Waals surface area contributed by atoms with Crippen LogP contribution >= 0.6 is 23.2 Å². The lowest BCUT2D eigenvalue weighted by molar-refractivity contribution is 0.196. The number of anilines is 1. The highest BCUT2D eigenvalue weighted by Crippen LogP contribution is 2.41. The highest BCUT2D eigenvalue weighted by atomic mass is 35.5. The first-order chi connectivity index (χ1) is 12.6. The van der Waals surface area contributed by atoms with E-state index in [1.807, 2.05) is 29.2 Å². The summed E-state index contributed by atoms with van der Waals surface area (Å²) in [7, 11) is 0. The lowest BCUT2D eigenvalue weighted by Crippen LogP contribution is -2.50. The number of hydrogen-bond donors (Lipinski definition) is 2. The number of rotatable bonds is 2. The monoisotopic (exact) mass is 387 g/mol. The minimum atomic E-state index is -0.150. The van der Waals surface area contributed by atoms with Crippen LogP contribution in [0.3, 0.4) is 0 Å². The van der Waals surface area contributed by atoms with Crippen molar-refractivity contribution in [2.24, 2.45) is 5.73 Å². The van der Waals surface area contributed by atoms with E-state index >= 15 is 0 Å². The van der Waals surface area contributed by atoms with Crippen LogP contribution in [0.1, 0.15) is 17.5 Å². The second kappa shape index (κ2) is 6.95. The fourth-order valence-electron chi connectivity index (χ4n) is 3.93. The van der Waals surface area contributed by atoms with Crippen molar-refractivity contribution in [3.63, 3.8) is 0 Å². The Morgan fingerprint density at radius 1 is 1.19 bits per heavy atom. The van der Waals surface area contributed by atoms with Crippen LogP contribution in [-0.4, -0.2) is 30.1 Å². The molecule has 6 heteroatoms. The second-order valence-electron chi connectivity index (χ2n) is 6.62. The van der Waals surface area contributed by atoms with Gasteiger partial charge in [0.2, 0.25) is 0 Å². The number of nitrogens with zero attached hydrogens (tertiary/aromatic N) is 1. The Hall–Kier alpha value is -2.01. The molecule has 0 fully saturated rings. The zero-order chi connectivity index (χ0) is 18.3. The van der Waals surface area contributed by atoms with Gasteiger partial charge in [0.15, 0.2) is 0 Å². The molecule has 0 aromatic heterocycles. The third-order valence-electron chi connectivity index (χ3n) is 5.11. The lowest BCUT2D eigenvalue weighted by atomic mass is 9.93. The standard InChI is InChI=1S/C20H19Cl2N3O/c21-13-2-1-3-15(9-13)24-20(26)25-7-6-16-17-10-14(22)5-4-12(17)8-18(16)19(25)11-23/h1-5,9-10,19H,6-8,11,23H2,(H,24,26). The number of nitrogens with two attached hydrogens (primary N) is 1. The fraction of sp³-hybridized carbons (Fsp3) is 0.250. The van der Waals surface area contributed by atoms with Gasteiger partial charge in [0.25, 0.3) is 0 Å². The SMILES string of the molecule is NCC1C2=C(CCN1C(=O)Nc1cccc(Cl)c1)c1cc(Cl)ccc1C2. The van der Waals surface area contributed by atoms with Gasteiger partial charge in [-0.05, 0) is 65.4 Å². The second-order valence-corrected chi connectivity index (χ2v) is 7.49. The van der Waals surface area contributed by atoms with Crippen LogP contribution < -0.4 is 11.1 Å². The van der Waals surface area contributed by atoms with Crippen molar-refractivity contribution >= 4 is 40.5 Å². The van der Waals surface area contributed by atoms with Crippen molar-refractivity contribution in [2.45, 2.75) is 18.9 Å². The fourth-order valence-corrected chi connectivity index (χ4v) is 4.30. The van der Waals surface area contributed by atoms with E-state index in [4.69, 9.17) is 28.9 Å². The normalized spacial score (nSPS) is 18.6. The maximum absolute atomic E-state index is 12.8. The first kappa shape index (κ1) is 17.4. The van der Waals surface area contributed by atoms with E-state index in [1.165, 1.54) is 22.3 Å². The Morgan fingerprint density at radius 3 is 2.77 bits per heavy atom. The van der Waals surface area contributed by atoms with Crippen molar-refractivity contribution < 1.29 is 4.79 Å². The van der Waals surface area contributed by atoms with Crippen molar-refractivity contribution in [1.82, 2.24) is 4.90 Å². The molecule has 4 nitrogen and oxygen atoms in total. The number of urea groups is 1. The van der Waals surface area contributed by atoms with Crippen LogP contribution in [0.5, 0.6) is 0 Å². The molecule has 0 saturated carbocycles. The van der Waals surface area contributed by atoms with Crippen molar-refractivity contribution in [3.8, 4) is 0 Å². The summed E-state index contributed by atoms with van der Waals surface area (Å²) in [6.07, 6.45) is 1.63. The number of halogens is 2. The van der Waals surface area contributed by atoms with Crippen molar-refractivity contribution in [2.75, 3.05) is 18.4 Å². The maximum atomic E-state index is 12.8. The highest BCUT2D eigenvalue weighted by Gasteiger charge is 2.36. The molecule has 1 aliphatic heterocycles. The van der Waals surface area contributed by atoms with Crippen LogP contribution in [0.25, 0.3) is 5.57 Å². The number of hydrogen-bond acceptors (Lipinski definition) is 2. The predicted octanol–water partition coefficient (Wildman–Crippen LogP) is 4.57.